The van der Waals surface area contributed by atoms with Crippen molar-refractivity contribution in [1.29, 1.82) is 0 Å². The third kappa shape index (κ3) is 3.63. The van der Waals surface area contributed by atoms with Gasteiger partial charge in [0.1, 0.15) is 0 Å². The lowest BCUT2D eigenvalue weighted by Crippen LogP contribution is -2.35. The van der Waals surface area contributed by atoms with E-state index in [-0.39, 0.29) is 30.7 Å². The molecule has 2 aromatic carbocycles. The van der Waals surface area contributed by atoms with Crippen LogP contribution in [0.4, 0.5) is 0 Å². The molecule has 1 aliphatic rings. The number of carbonyl (C=O) groups excluding carboxylic acids is 3. The van der Waals surface area contributed by atoms with E-state index in [0.29, 0.717) is 22.7 Å². The molecule has 2 aromatic rings. The predicted molar refractivity (Wildman–Crippen MR) is 99.1 cm³/mol. The molecule has 0 aromatic heterocycles. The molecule has 26 heavy (non-hydrogen) atoms. The summed E-state index contributed by atoms with van der Waals surface area (Å²) in [6.07, 6.45) is 0.0848. The van der Waals surface area contributed by atoms with Crippen molar-refractivity contribution >= 4 is 29.3 Å². The molecule has 134 valence electrons. The second kappa shape index (κ2) is 7.30. The number of carbonyl (C=O) groups is 3. The van der Waals surface area contributed by atoms with Crippen LogP contribution in [-0.2, 0) is 11.3 Å². The molecule has 0 radical (unpaired) electrons. The first-order valence-corrected chi connectivity index (χ1v) is 8.70. The van der Waals surface area contributed by atoms with Gasteiger partial charge in [0.15, 0.2) is 0 Å². The number of benzene rings is 2. The van der Waals surface area contributed by atoms with Crippen LogP contribution in [-0.4, -0.2) is 41.1 Å². The number of nitrogens with zero attached hydrogens (tertiary/aromatic N) is 2. The number of halogens is 1. The van der Waals surface area contributed by atoms with Crippen LogP contribution in [0, 0.1) is 6.92 Å². The fraction of sp³-hybridized carbons (Fsp3) is 0.250. The van der Waals surface area contributed by atoms with Crippen molar-refractivity contribution in [3.8, 4) is 0 Å². The molecule has 1 aliphatic heterocycles. The molecule has 1 heterocycles. The molecule has 0 saturated carbocycles. The summed E-state index contributed by atoms with van der Waals surface area (Å²) in [7, 11) is 1.69. The van der Waals surface area contributed by atoms with Gasteiger partial charge in [0.2, 0.25) is 5.91 Å². The number of hydrogen-bond acceptors (Lipinski definition) is 3. The Kier molecular flexibility index (Phi) is 5.09. The Morgan fingerprint density at radius 3 is 2.54 bits per heavy atom. The van der Waals surface area contributed by atoms with E-state index in [0.717, 1.165) is 16.0 Å². The van der Waals surface area contributed by atoms with Crippen molar-refractivity contribution in [3.63, 3.8) is 0 Å². The molecule has 0 N–H and O–H groups in total. The number of rotatable bonds is 5. The second-order valence-corrected chi connectivity index (χ2v) is 6.88. The Labute approximate surface area is 157 Å². The lowest BCUT2D eigenvalue weighted by molar-refractivity contribution is -0.130. The molecule has 0 bridgehead atoms. The van der Waals surface area contributed by atoms with Gasteiger partial charge >= 0.3 is 0 Å². The van der Waals surface area contributed by atoms with Crippen LogP contribution in [0.2, 0.25) is 5.02 Å². The van der Waals surface area contributed by atoms with Crippen LogP contribution in [0.1, 0.15) is 38.3 Å². The van der Waals surface area contributed by atoms with Gasteiger partial charge in [-0.05, 0) is 36.8 Å². The van der Waals surface area contributed by atoms with E-state index >= 15 is 0 Å². The van der Waals surface area contributed by atoms with Gasteiger partial charge in [0.05, 0.1) is 11.1 Å². The van der Waals surface area contributed by atoms with E-state index in [9.17, 15) is 14.4 Å². The summed E-state index contributed by atoms with van der Waals surface area (Å²) in [5.41, 5.74) is 2.66. The minimum atomic E-state index is -0.338. The van der Waals surface area contributed by atoms with Crippen LogP contribution in [0.3, 0.4) is 0 Å². The number of hydrogen-bond donors (Lipinski definition) is 0. The molecular formula is C20H19ClN2O3. The minimum Gasteiger partial charge on any atom is -0.341 e. The number of fused-ring (bicyclic) bond motifs is 1. The highest BCUT2D eigenvalue weighted by atomic mass is 35.5. The largest absolute Gasteiger partial charge is 0.341 e. The summed E-state index contributed by atoms with van der Waals surface area (Å²) in [6.45, 7) is 2.36. The molecule has 0 unspecified atom stereocenters. The van der Waals surface area contributed by atoms with Crippen LogP contribution in [0.5, 0.6) is 0 Å². The summed E-state index contributed by atoms with van der Waals surface area (Å²) < 4.78 is 0. The molecule has 0 saturated heterocycles. The van der Waals surface area contributed by atoms with Crippen LogP contribution >= 0.6 is 11.6 Å². The van der Waals surface area contributed by atoms with Gasteiger partial charge in [-0.25, -0.2) is 0 Å². The van der Waals surface area contributed by atoms with Gasteiger partial charge in [-0.15, -0.1) is 0 Å². The van der Waals surface area contributed by atoms with E-state index in [1.165, 1.54) is 0 Å². The zero-order valence-corrected chi connectivity index (χ0v) is 15.4. The van der Waals surface area contributed by atoms with E-state index in [4.69, 9.17) is 11.6 Å². The van der Waals surface area contributed by atoms with Gasteiger partial charge < -0.3 is 4.90 Å². The highest BCUT2D eigenvalue weighted by molar-refractivity contribution is 6.30. The Bertz CT molecular complexity index is 894. The standard InChI is InChI=1S/C20H19ClN2O3/c1-13-6-7-16-17(10-13)20(26)23(19(16)25)9-8-18(24)22(2)12-14-4-3-5-15(21)11-14/h3-7,10-11H,8-9,12H2,1-2H3. The van der Waals surface area contributed by atoms with Crippen LogP contribution < -0.4 is 0 Å². The zero-order chi connectivity index (χ0) is 18.8. The van der Waals surface area contributed by atoms with Crippen molar-refractivity contribution in [3.05, 3.63) is 69.7 Å². The second-order valence-electron chi connectivity index (χ2n) is 6.44. The van der Waals surface area contributed by atoms with Gasteiger partial charge in [-0.2, -0.15) is 0 Å². The molecule has 5 nitrogen and oxygen atoms in total. The average Bonchev–Trinajstić information content (AvgIpc) is 2.83. The highest BCUT2D eigenvalue weighted by Gasteiger charge is 2.35. The highest BCUT2D eigenvalue weighted by Crippen LogP contribution is 2.24. The quantitative estimate of drug-likeness (QED) is 0.759. The maximum absolute atomic E-state index is 12.4. The fourth-order valence-electron chi connectivity index (χ4n) is 3.00. The number of aryl methyl sites for hydroxylation is 1. The third-order valence-electron chi connectivity index (χ3n) is 4.41. The summed E-state index contributed by atoms with van der Waals surface area (Å²) in [6, 6.07) is 12.5. The van der Waals surface area contributed by atoms with E-state index in [2.05, 4.69) is 0 Å². The van der Waals surface area contributed by atoms with Gasteiger partial charge in [0.25, 0.3) is 11.8 Å². The normalized spacial score (nSPS) is 13.1. The summed E-state index contributed by atoms with van der Waals surface area (Å²) in [4.78, 5) is 39.9. The first kappa shape index (κ1) is 18.1. The molecule has 0 aliphatic carbocycles. The first-order chi connectivity index (χ1) is 12.4. The zero-order valence-electron chi connectivity index (χ0n) is 14.7. The third-order valence-corrected chi connectivity index (χ3v) is 4.65. The fourth-order valence-corrected chi connectivity index (χ4v) is 3.22. The summed E-state index contributed by atoms with van der Waals surface area (Å²) >= 11 is 5.96. The van der Waals surface area contributed by atoms with Crippen LogP contribution in [0.15, 0.2) is 42.5 Å². The number of amides is 3. The molecule has 0 spiro atoms. The van der Waals surface area contributed by atoms with Crippen molar-refractivity contribution in [2.75, 3.05) is 13.6 Å². The lowest BCUT2D eigenvalue weighted by Gasteiger charge is -2.19. The Hall–Kier alpha value is -2.66. The van der Waals surface area contributed by atoms with Crippen molar-refractivity contribution in [1.82, 2.24) is 9.80 Å². The monoisotopic (exact) mass is 370 g/mol. The molecule has 3 amide bonds. The van der Waals surface area contributed by atoms with E-state index in [1.807, 2.05) is 19.1 Å². The smallest absolute Gasteiger partial charge is 0.261 e. The molecule has 6 heteroatoms. The molecular weight excluding hydrogens is 352 g/mol. The lowest BCUT2D eigenvalue weighted by atomic mass is 10.1. The van der Waals surface area contributed by atoms with Gasteiger partial charge in [0, 0.05) is 31.6 Å². The topological polar surface area (TPSA) is 57.7 Å². The SMILES string of the molecule is Cc1ccc2c(c1)C(=O)N(CCC(=O)N(C)Cc1cccc(Cl)c1)C2=O. The van der Waals surface area contributed by atoms with Crippen molar-refractivity contribution in [2.45, 2.75) is 19.9 Å². The minimum absolute atomic E-state index is 0.0735. The maximum Gasteiger partial charge on any atom is 0.261 e. The molecule has 3 rings (SSSR count). The van der Waals surface area contributed by atoms with E-state index in [1.54, 1.807) is 42.3 Å². The Balaban J connectivity index is 1.61. The average molecular weight is 371 g/mol. The molecule has 0 atom stereocenters. The summed E-state index contributed by atoms with van der Waals surface area (Å²) in [5.74, 6) is -0.813. The maximum atomic E-state index is 12.4. The van der Waals surface area contributed by atoms with E-state index < -0.39 is 0 Å². The van der Waals surface area contributed by atoms with Gasteiger partial charge in [-0.3, -0.25) is 19.3 Å². The first-order valence-electron chi connectivity index (χ1n) is 8.32. The Morgan fingerprint density at radius 1 is 1.08 bits per heavy atom. The Morgan fingerprint density at radius 2 is 1.81 bits per heavy atom. The van der Waals surface area contributed by atoms with Gasteiger partial charge in [-0.1, -0.05) is 35.4 Å². The van der Waals surface area contributed by atoms with Crippen molar-refractivity contribution in [2.24, 2.45) is 0 Å². The molecule has 0 fully saturated rings. The van der Waals surface area contributed by atoms with Crippen LogP contribution in [0.25, 0.3) is 0 Å². The van der Waals surface area contributed by atoms with Crippen molar-refractivity contribution < 1.29 is 14.4 Å². The predicted octanol–water partition coefficient (Wildman–Crippen LogP) is 3.29. The number of imide groups is 1. The summed E-state index contributed by atoms with van der Waals surface area (Å²) in [5, 5.41) is 0.615.